The highest BCUT2D eigenvalue weighted by molar-refractivity contribution is 9.10. The molecule has 1 amide bonds. The van der Waals surface area contributed by atoms with E-state index in [-0.39, 0.29) is 37.5 Å². The van der Waals surface area contributed by atoms with Gasteiger partial charge in [0.25, 0.3) is 0 Å². The molecule has 0 aliphatic carbocycles. The van der Waals surface area contributed by atoms with Crippen LogP contribution in [0.1, 0.15) is 29.6 Å². The third kappa shape index (κ3) is 5.48. The van der Waals surface area contributed by atoms with Crippen LogP contribution in [0.4, 0.5) is 0 Å². The van der Waals surface area contributed by atoms with E-state index in [0.717, 1.165) is 4.47 Å². The zero-order chi connectivity index (χ0) is 16.7. The number of hydrogen-bond acceptors (Lipinski definition) is 4. The van der Waals surface area contributed by atoms with Crippen LogP contribution in [0.3, 0.4) is 0 Å². The molecule has 0 heterocycles. The van der Waals surface area contributed by atoms with Crippen molar-refractivity contribution >= 4 is 33.6 Å². The van der Waals surface area contributed by atoms with Gasteiger partial charge in [-0.3, -0.25) is 14.4 Å². The molecule has 0 atom stereocenters. The van der Waals surface area contributed by atoms with Gasteiger partial charge in [-0.1, -0.05) is 15.9 Å². The molecule has 0 fully saturated rings. The lowest BCUT2D eigenvalue weighted by molar-refractivity contribution is -0.138. The maximum atomic E-state index is 12.2. The topological polar surface area (TPSA) is 83.9 Å². The molecule has 22 heavy (non-hydrogen) atoms. The molecule has 0 radical (unpaired) electrons. The van der Waals surface area contributed by atoms with Gasteiger partial charge in [-0.25, -0.2) is 0 Å². The first-order chi connectivity index (χ1) is 10.3. The second kappa shape index (κ2) is 8.53. The Morgan fingerprint density at radius 2 is 1.91 bits per heavy atom. The summed E-state index contributed by atoms with van der Waals surface area (Å²) in [6.45, 7) is 0.128. The molecule has 0 aliphatic heterocycles. The summed E-state index contributed by atoms with van der Waals surface area (Å²) in [6, 6.07) is 5.10. The molecule has 6 nitrogen and oxygen atoms in total. The van der Waals surface area contributed by atoms with Crippen molar-refractivity contribution in [3.8, 4) is 5.75 Å². The Balaban J connectivity index is 2.61. The normalized spacial score (nSPS) is 10.1. The van der Waals surface area contributed by atoms with Crippen molar-refractivity contribution in [3.05, 3.63) is 28.2 Å². The van der Waals surface area contributed by atoms with E-state index >= 15 is 0 Å². The molecule has 1 N–H and O–H groups in total. The van der Waals surface area contributed by atoms with Crippen LogP contribution in [0.2, 0.25) is 0 Å². The molecular formula is C15H18BrNO5. The number of carboxylic acid groups (broad SMARTS) is 1. The number of halogens is 1. The van der Waals surface area contributed by atoms with E-state index in [1.54, 1.807) is 18.2 Å². The first-order valence-corrected chi connectivity index (χ1v) is 7.47. The number of aliphatic carboxylic acids is 1. The highest BCUT2D eigenvalue weighted by atomic mass is 79.9. The second-order valence-corrected chi connectivity index (χ2v) is 5.64. The van der Waals surface area contributed by atoms with Crippen LogP contribution >= 0.6 is 15.9 Å². The fourth-order valence-electron chi connectivity index (χ4n) is 1.83. The van der Waals surface area contributed by atoms with E-state index in [4.69, 9.17) is 9.84 Å². The quantitative estimate of drug-likeness (QED) is 0.709. The minimum Gasteiger partial charge on any atom is -0.496 e. The highest BCUT2D eigenvalue weighted by Crippen LogP contribution is 2.24. The van der Waals surface area contributed by atoms with Crippen LogP contribution in [-0.2, 0) is 9.59 Å². The fraction of sp³-hybridized carbons (Fsp3) is 0.400. The number of rotatable bonds is 8. The zero-order valence-electron chi connectivity index (χ0n) is 12.5. The lowest BCUT2D eigenvalue weighted by Gasteiger charge is -2.15. The Labute approximate surface area is 137 Å². The smallest absolute Gasteiger partial charge is 0.305 e. The third-order valence-electron chi connectivity index (χ3n) is 3.11. The van der Waals surface area contributed by atoms with Gasteiger partial charge in [0.15, 0.2) is 5.78 Å². The van der Waals surface area contributed by atoms with Gasteiger partial charge in [-0.05, 0) is 18.2 Å². The standard InChI is InChI=1S/C15H18BrNO5/c1-17(8-7-15(20)21)14(19)6-4-12(18)11-9-10(16)3-5-13(11)22-2/h3,5,9H,4,6-8H2,1-2H3,(H,20,21). The molecule has 0 saturated heterocycles. The maximum absolute atomic E-state index is 12.2. The maximum Gasteiger partial charge on any atom is 0.305 e. The molecule has 0 unspecified atom stereocenters. The molecule has 1 aromatic rings. The van der Waals surface area contributed by atoms with E-state index in [1.807, 2.05) is 0 Å². The third-order valence-corrected chi connectivity index (χ3v) is 3.61. The van der Waals surface area contributed by atoms with Gasteiger partial charge >= 0.3 is 5.97 Å². The Morgan fingerprint density at radius 1 is 1.23 bits per heavy atom. The molecule has 1 rings (SSSR count). The van der Waals surface area contributed by atoms with Crippen molar-refractivity contribution in [2.24, 2.45) is 0 Å². The van der Waals surface area contributed by atoms with Crippen LogP contribution in [0.25, 0.3) is 0 Å². The van der Waals surface area contributed by atoms with Crippen LogP contribution in [0, 0.1) is 0 Å². The van der Waals surface area contributed by atoms with Gasteiger partial charge < -0.3 is 14.7 Å². The van der Waals surface area contributed by atoms with Crippen molar-refractivity contribution in [1.29, 1.82) is 0 Å². The largest absolute Gasteiger partial charge is 0.496 e. The van der Waals surface area contributed by atoms with E-state index in [2.05, 4.69) is 15.9 Å². The van der Waals surface area contributed by atoms with Gasteiger partial charge in [0.05, 0.1) is 19.1 Å². The Bertz CT molecular complexity index is 573. The SMILES string of the molecule is COc1ccc(Br)cc1C(=O)CCC(=O)N(C)CCC(=O)O. The second-order valence-electron chi connectivity index (χ2n) is 4.73. The Kier molecular flexibility index (Phi) is 7.04. The van der Waals surface area contributed by atoms with E-state index in [9.17, 15) is 14.4 Å². The van der Waals surface area contributed by atoms with Crippen LogP contribution in [0.15, 0.2) is 22.7 Å². The number of nitrogens with zero attached hydrogens (tertiary/aromatic N) is 1. The molecule has 0 spiro atoms. The van der Waals surface area contributed by atoms with E-state index in [1.165, 1.54) is 19.1 Å². The lowest BCUT2D eigenvalue weighted by Crippen LogP contribution is -2.29. The van der Waals surface area contributed by atoms with Gasteiger partial charge in [-0.2, -0.15) is 0 Å². The predicted octanol–water partition coefficient (Wildman–Crippen LogP) is 2.35. The van der Waals surface area contributed by atoms with Gasteiger partial charge in [0.2, 0.25) is 5.91 Å². The number of ether oxygens (including phenoxy) is 1. The minimum absolute atomic E-state index is 0.0324. The van der Waals surface area contributed by atoms with E-state index < -0.39 is 5.97 Å². The minimum atomic E-state index is -0.963. The molecule has 0 saturated carbocycles. The molecule has 0 bridgehead atoms. The van der Waals surface area contributed by atoms with Crippen molar-refractivity contribution in [2.45, 2.75) is 19.3 Å². The number of Topliss-reactive ketones (excluding diaryl/α,β-unsaturated/α-hetero) is 1. The van der Waals surface area contributed by atoms with Crippen LogP contribution in [-0.4, -0.2) is 48.4 Å². The summed E-state index contributed by atoms with van der Waals surface area (Å²) in [5, 5.41) is 8.58. The molecule has 0 aromatic heterocycles. The van der Waals surface area contributed by atoms with E-state index in [0.29, 0.717) is 11.3 Å². The molecule has 7 heteroatoms. The molecule has 120 valence electrons. The molecule has 0 aliphatic rings. The summed E-state index contributed by atoms with van der Waals surface area (Å²) < 4.78 is 5.89. The Hall–Kier alpha value is -1.89. The number of benzene rings is 1. The van der Waals surface area contributed by atoms with Crippen molar-refractivity contribution in [3.63, 3.8) is 0 Å². The number of methoxy groups -OCH3 is 1. The first kappa shape index (κ1) is 18.2. The highest BCUT2D eigenvalue weighted by Gasteiger charge is 2.16. The van der Waals surface area contributed by atoms with Crippen LogP contribution in [0.5, 0.6) is 5.75 Å². The summed E-state index contributed by atoms with van der Waals surface area (Å²) >= 11 is 3.29. The summed E-state index contributed by atoms with van der Waals surface area (Å²) in [4.78, 5) is 35.8. The first-order valence-electron chi connectivity index (χ1n) is 6.67. The number of carboxylic acids is 1. The molecular weight excluding hydrogens is 354 g/mol. The monoisotopic (exact) mass is 371 g/mol. The number of carbonyl (C=O) groups excluding carboxylic acids is 2. The summed E-state index contributed by atoms with van der Waals surface area (Å²) in [7, 11) is 3.00. The predicted molar refractivity (Wildman–Crippen MR) is 84.1 cm³/mol. The molecule has 1 aromatic carbocycles. The van der Waals surface area contributed by atoms with Gasteiger partial charge in [0, 0.05) is 30.9 Å². The van der Waals surface area contributed by atoms with Crippen LogP contribution < -0.4 is 4.74 Å². The number of amides is 1. The van der Waals surface area contributed by atoms with Gasteiger partial charge in [0.1, 0.15) is 5.75 Å². The Morgan fingerprint density at radius 3 is 2.50 bits per heavy atom. The zero-order valence-corrected chi connectivity index (χ0v) is 14.1. The number of hydrogen-bond donors (Lipinski definition) is 1. The van der Waals surface area contributed by atoms with Crippen molar-refractivity contribution in [2.75, 3.05) is 20.7 Å². The summed E-state index contributed by atoms with van der Waals surface area (Å²) in [5.74, 6) is -0.962. The number of carbonyl (C=O) groups is 3. The average molecular weight is 372 g/mol. The average Bonchev–Trinajstić information content (AvgIpc) is 2.49. The van der Waals surface area contributed by atoms with Gasteiger partial charge in [-0.15, -0.1) is 0 Å². The summed E-state index contributed by atoms with van der Waals surface area (Å²) in [6.07, 6.45) is -0.0384. The number of ketones is 1. The van der Waals surface area contributed by atoms with Crippen molar-refractivity contribution < 1.29 is 24.2 Å². The van der Waals surface area contributed by atoms with Crippen molar-refractivity contribution in [1.82, 2.24) is 4.90 Å². The summed E-state index contributed by atoms with van der Waals surface area (Å²) in [5.41, 5.74) is 0.415. The fourth-order valence-corrected chi connectivity index (χ4v) is 2.19. The lowest BCUT2D eigenvalue weighted by atomic mass is 10.1.